The number of nitrogens with two attached hydrogens (primary N) is 1. The quantitative estimate of drug-likeness (QED) is 0.646. The lowest BCUT2D eigenvalue weighted by atomic mass is 10.1. The number of carbonyl (C=O) groups is 1. The molecule has 0 saturated carbocycles. The van der Waals surface area contributed by atoms with Crippen LogP contribution < -0.4 is 5.73 Å². The highest BCUT2D eigenvalue weighted by Crippen LogP contribution is 2.31. The maximum absolute atomic E-state index is 14.6. The summed E-state index contributed by atoms with van der Waals surface area (Å²) in [5.74, 6) is -3.18. The molecule has 9 heteroatoms. The fraction of sp³-hybridized carbons (Fsp3) is 0.143. The van der Waals surface area contributed by atoms with Gasteiger partial charge in [-0.2, -0.15) is 8.42 Å². The smallest absolute Gasteiger partial charge is 0.343 e. The van der Waals surface area contributed by atoms with Gasteiger partial charge < -0.3 is 10.5 Å². The Morgan fingerprint density at radius 1 is 1.30 bits per heavy atom. The highest BCUT2D eigenvalue weighted by Gasteiger charge is 2.32. The number of nitrogens with zero attached hydrogens (tertiary/aromatic N) is 1. The second-order valence-electron chi connectivity index (χ2n) is 4.70. The van der Waals surface area contributed by atoms with Crippen LogP contribution in [0.5, 0.6) is 0 Å². The summed E-state index contributed by atoms with van der Waals surface area (Å²) in [7, 11) is -4.12. The fourth-order valence-electron chi connectivity index (χ4n) is 2.00. The van der Waals surface area contributed by atoms with Crippen molar-refractivity contribution in [2.24, 2.45) is 0 Å². The lowest BCUT2D eigenvalue weighted by molar-refractivity contribution is 0.0595. The highest BCUT2D eigenvalue weighted by atomic mass is 32.2. The van der Waals surface area contributed by atoms with Gasteiger partial charge in [-0.05, 0) is 6.92 Å². The first-order chi connectivity index (χ1) is 10.7. The average Bonchev–Trinajstić information content (AvgIpc) is 2.47. The van der Waals surface area contributed by atoms with E-state index in [0.717, 1.165) is 12.7 Å². The van der Waals surface area contributed by atoms with Crippen molar-refractivity contribution in [3.63, 3.8) is 0 Å². The Morgan fingerprint density at radius 3 is 2.35 bits per heavy atom. The third kappa shape index (κ3) is 3.15. The molecule has 0 aliphatic rings. The summed E-state index contributed by atoms with van der Waals surface area (Å²) in [5, 5.41) is 0. The molecule has 3 N–H and O–H groups in total. The molecular formula is C14H13FN2O5S. The van der Waals surface area contributed by atoms with Gasteiger partial charge in [0.1, 0.15) is 17.1 Å². The molecule has 0 spiro atoms. The zero-order chi connectivity index (χ0) is 17.4. The van der Waals surface area contributed by atoms with Crippen molar-refractivity contribution in [1.82, 2.24) is 4.98 Å². The minimum Gasteiger partial charge on any atom is -0.465 e. The molecule has 0 unspecified atom stereocenters. The van der Waals surface area contributed by atoms with Crippen molar-refractivity contribution in [3.05, 3.63) is 41.2 Å². The fourth-order valence-corrected chi connectivity index (χ4v) is 2.77. The van der Waals surface area contributed by atoms with Crippen LogP contribution in [0, 0.1) is 12.7 Å². The van der Waals surface area contributed by atoms with Gasteiger partial charge in [-0.3, -0.25) is 4.55 Å². The molecular weight excluding hydrogens is 327 g/mol. The van der Waals surface area contributed by atoms with E-state index in [-0.39, 0.29) is 5.56 Å². The number of halogens is 1. The summed E-state index contributed by atoms with van der Waals surface area (Å²) in [4.78, 5) is 14.1. The molecule has 0 fully saturated rings. The predicted molar refractivity (Wildman–Crippen MR) is 79.9 cm³/mol. The first-order valence-electron chi connectivity index (χ1n) is 6.28. The third-order valence-corrected chi connectivity index (χ3v) is 3.99. The molecule has 23 heavy (non-hydrogen) atoms. The number of benzene rings is 1. The van der Waals surface area contributed by atoms with Gasteiger partial charge in [0.05, 0.1) is 7.11 Å². The van der Waals surface area contributed by atoms with Crippen LogP contribution in [0.15, 0.2) is 29.2 Å². The van der Waals surface area contributed by atoms with Gasteiger partial charge in [-0.1, -0.05) is 29.8 Å². The number of ether oxygens (including phenoxy) is 1. The van der Waals surface area contributed by atoms with Gasteiger partial charge >= 0.3 is 5.97 Å². The zero-order valence-electron chi connectivity index (χ0n) is 12.2. The summed E-state index contributed by atoms with van der Waals surface area (Å²) < 4.78 is 51.3. The topological polar surface area (TPSA) is 120 Å². The molecule has 0 bridgehead atoms. The Kier molecular flexibility index (Phi) is 4.35. The average molecular weight is 340 g/mol. The largest absolute Gasteiger partial charge is 0.465 e. The summed E-state index contributed by atoms with van der Waals surface area (Å²) in [5.41, 5.74) is 5.46. The number of hydrogen-bond donors (Lipinski definition) is 2. The molecule has 1 heterocycles. The summed E-state index contributed by atoms with van der Waals surface area (Å²) in [6.45, 7) is 1.81. The van der Waals surface area contributed by atoms with Crippen molar-refractivity contribution in [2.75, 3.05) is 12.8 Å². The van der Waals surface area contributed by atoms with Crippen LogP contribution in [-0.4, -0.2) is 31.0 Å². The highest BCUT2D eigenvalue weighted by molar-refractivity contribution is 7.86. The van der Waals surface area contributed by atoms with Gasteiger partial charge in [-0.15, -0.1) is 0 Å². The number of esters is 1. The second-order valence-corrected chi connectivity index (χ2v) is 6.05. The van der Waals surface area contributed by atoms with Crippen LogP contribution >= 0.6 is 0 Å². The van der Waals surface area contributed by atoms with Crippen molar-refractivity contribution < 1.29 is 26.9 Å². The lowest BCUT2D eigenvalue weighted by Gasteiger charge is -2.12. The molecule has 122 valence electrons. The van der Waals surface area contributed by atoms with Crippen molar-refractivity contribution in [3.8, 4) is 11.3 Å². The van der Waals surface area contributed by atoms with Crippen LogP contribution in [-0.2, 0) is 14.9 Å². The molecule has 1 aromatic heterocycles. The van der Waals surface area contributed by atoms with E-state index >= 15 is 0 Å². The molecule has 0 atom stereocenters. The van der Waals surface area contributed by atoms with Gasteiger partial charge in [-0.25, -0.2) is 14.2 Å². The normalized spacial score (nSPS) is 11.3. The standard InChI is InChI=1S/C14H13FN2O5S/c1-7-3-5-8(6-4-7)11-10(15)12(23(19,20)21)9(13(16)17-11)14(18)22-2/h3-6H,1-2H3,(H2,16,17)(H,19,20,21). The molecule has 0 saturated heterocycles. The predicted octanol–water partition coefficient (Wildman–Crippen LogP) is 1.81. The van der Waals surface area contributed by atoms with Gasteiger partial charge in [0.2, 0.25) is 0 Å². The third-order valence-electron chi connectivity index (χ3n) is 3.10. The number of aromatic nitrogens is 1. The molecule has 0 aliphatic heterocycles. The molecule has 2 rings (SSSR count). The summed E-state index contributed by atoms with van der Waals surface area (Å²) in [6.07, 6.45) is 0. The maximum atomic E-state index is 14.6. The number of methoxy groups -OCH3 is 1. The lowest BCUT2D eigenvalue weighted by Crippen LogP contribution is -2.17. The van der Waals surface area contributed by atoms with Gasteiger partial charge in [0.15, 0.2) is 10.7 Å². The second kappa shape index (κ2) is 5.94. The maximum Gasteiger partial charge on any atom is 0.343 e. The van der Waals surface area contributed by atoms with E-state index in [0.29, 0.717) is 0 Å². The monoisotopic (exact) mass is 340 g/mol. The number of carbonyl (C=O) groups excluding carboxylic acids is 1. The van der Waals surface area contributed by atoms with Crippen LogP contribution in [0.4, 0.5) is 10.2 Å². The summed E-state index contributed by atoms with van der Waals surface area (Å²) >= 11 is 0. The Labute approximate surface area is 131 Å². The number of nitrogen functional groups attached to an aromatic ring is 1. The Bertz CT molecular complexity index is 879. The Morgan fingerprint density at radius 2 is 1.87 bits per heavy atom. The van der Waals surface area contributed by atoms with Crippen LogP contribution in [0.25, 0.3) is 11.3 Å². The van der Waals surface area contributed by atoms with Crippen molar-refractivity contribution in [1.29, 1.82) is 0 Å². The van der Waals surface area contributed by atoms with E-state index < -0.39 is 43.9 Å². The Balaban J connectivity index is 2.86. The first kappa shape index (κ1) is 16.8. The first-order valence-corrected chi connectivity index (χ1v) is 7.72. The van der Waals surface area contributed by atoms with Crippen LogP contribution in [0.3, 0.4) is 0 Å². The van der Waals surface area contributed by atoms with E-state index in [9.17, 15) is 22.2 Å². The zero-order valence-corrected chi connectivity index (χ0v) is 13.0. The number of rotatable bonds is 3. The minimum atomic E-state index is -5.08. The molecule has 1 aromatic carbocycles. The minimum absolute atomic E-state index is 0.237. The van der Waals surface area contributed by atoms with Crippen LogP contribution in [0.2, 0.25) is 0 Å². The van der Waals surface area contributed by atoms with Gasteiger partial charge in [0.25, 0.3) is 10.1 Å². The van der Waals surface area contributed by atoms with E-state index in [2.05, 4.69) is 9.72 Å². The molecule has 0 aliphatic carbocycles. The van der Waals surface area contributed by atoms with Crippen LogP contribution in [0.1, 0.15) is 15.9 Å². The Hall–Kier alpha value is -2.52. The van der Waals surface area contributed by atoms with Crippen molar-refractivity contribution >= 4 is 21.9 Å². The number of aryl methyl sites for hydroxylation is 1. The molecule has 0 radical (unpaired) electrons. The number of hydrogen-bond acceptors (Lipinski definition) is 6. The van der Waals surface area contributed by atoms with E-state index in [1.807, 2.05) is 6.92 Å². The molecule has 7 nitrogen and oxygen atoms in total. The van der Waals surface area contributed by atoms with E-state index in [1.54, 1.807) is 12.1 Å². The van der Waals surface area contributed by atoms with E-state index in [4.69, 9.17) is 5.73 Å². The number of pyridine rings is 1. The molecule has 0 amide bonds. The van der Waals surface area contributed by atoms with E-state index in [1.165, 1.54) is 12.1 Å². The number of anilines is 1. The summed E-state index contributed by atoms with van der Waals surface area (Å²) in [6, 6.07) is 6.33. The van der Waals surface area contributed by atoms with Gasteiger partial charge in [0, 0.05) is 5.56 Å². The van der Waals surface area contributed by atoms with Crippen molar-refractivity contribution in [2.45, 2.75) is 11.8 Å². The molecule has 2 aromatic rings. The SMILES string of the molecule is COC(=O)c1c(N)nc(-c2ccc(C)cc2)c(F)c1S(=O)(=O)O.